The molecule has 4 heteroatoms. The average molecular weight is 200 g/mol. The monoisotopic (exact) mass is 200 g/mol. The van der Waals surface area contributed by atoms with Gasteiger partial charge in [-0.05, 0) is 19.3 Å². The Morgan fingerprint density at radius 2 is 2.43 bits per heavy atom. The minimum atomic E-state index is 0.176. The normalized spacial score (nSPS) is 22.4. The molecule has 0 aromatic rings. The molecule has 0 saturated carbocycles. The van der Waals surface area contributed by atoms with Crippen molar-refractivity contribution >= 4 is 5.91 Å². The number of rotatable bonds is 4. The molecule has 1 heterocycles. The molecule has 1 rings (SSSR count). The second kappa shape index (κ2) is 5.98. The lowest BCUT2D eigenvalue weighted by Gasteiger charge is -2.30. The first kappa shape index (κ1) is 11.5. The Labute approximate surface area is 85.4 Å². The maximum Gasteiger partial charge on any atom is 0.222 e. The maximum absolute atomic E-state index is 11.6. The van der Waals surface area contributed by atoms with Crippen molar-refractivity contribution in [1.29, 1.82) is 0 Å². The summed E-state index contributed by atoms with van der Waals surface area (Å²) in [4.78, 5) is 13.5. The number of carbonyl (C=O) groups excluding carboxylic acids is 1. The van der Waals surface area contributed by atoms with Gasteiger partial charge in [-0.25, -0.2) is 0 Å². The lowest BCUT2D eigenvalue weighted by Crippen LogP contribution is -2.45. The van der Waals surface area contributed by atoms with Gasteiger partial charge in [0.05, 0.1) is 0 Å². The Morgan fingerprint density at radius 3 is 3.07 bits per heavy atom. The van der Waals surface area contributed by atoms with E-state index < -0.39 is 0 Å². The van der Waals surface area contributed by atoms with Crippen LogP contribution in [0.2, 0.25) is 0 Å². The van der Waals surface area contributed by atoms with Gasteiger partial charge in [-0.3, -0.25) is 4.79 Å². The third kappa shape index (κ3) is 3.64. The van der Waals surface area contributed by atoms with Crippen LogP contribution in [-0.4, -0.2) is 43.7 Å². The molecule has 0 aromatic carbocycles. The van der Waals surface area contributed by atoms with Crippen molar-refractivity contribution in [3.05, 3.63) is 0 Å². The van der Waals surface area contributed by atoms with Crippen LogP contribution in [0.5, 0.6) is 0 Å². The van der Waals surface area contributed by atoms with E-state index in [1.165, 1.54) is 0 Å². The molecule has 4 nitrogen and oxygen atoms in total. The van der Waals surface area contributed by atoms with Crippen LogP contribution in [0.3, 0.4) is 0 Å². The molecule has 0 aliphatic carbocycles. The minimum Gasteiger partial charge on any atom is -0.385 e. The van der Waals surface area contributed by atoms with Gasteiger partial charge in [0.2, 0.25) is 5.91 Å². The highest BCUT2D eigenvalue weighted by atomic mass is 16.5. The molecule has 0 aromatic heterocycles. The van der Waals surface area contributed by atoms with Crippen molar-refractivity contribution < 1.29 is 9.53 Å². The number of hydrogen-bond acceptors (Lipinski definition) is 3. The molecule has 2 N–H and O–H groups in total. The molecule has 0 bridgehead atoms. The lowest BCUT2D eigenvalue weighted by molar-refractivity contribution is -0.132. The van der Waals surface area contributed by atoms with Gasteiger partial charge in [0.15, 0.2) is 0 Å². The molecule has 82 valence electrons. The first-order chi connectivity index (χ1) is 6.74. The van der Waals surface area contributed by atoms with Crippen molar-refractivity contribution in [3.8, 4) is 0 Å². The zero-order chi connectivity index (χ0) is 10.4. The number of methoxy groups -OCH3 is 1. The Bertz CT molecular complexity index is 185. The van der Waals surface area contributed by atoms with E-state index in [1.807, 2.05) is 4.90 Å². The average Bonchev–Trinajstić information content (AvgIpc) is 2.18. The first-order valence-electron chi connectivity index (χ1n) is 5.26. The summed E-state index contributed by atoms with van der Waals surface area (Å²) in [6.07, 6.45) is 3.47. The molecule has 0 unspecified atom stereocenters. The Kier molecular flexibility index (Phi) is 4.90. The second-order valence-corrected chi connectivity index (χ2v) is 3.84. The molecular weight excluding hydrogens is 180 g/mol. The van der Waals surface area contributed by atoms with Gasteiger partial charge in [-0.1, -0.05) is 0 Å². The molecule has 1 aliphatic rings. The van der Waals surface area contributed by atoms with Gasteiger partial charge >= 0.3 is 0 Å². The van der Waals surface area contributed by atoms with Crippen molar-refractivity contribution in [3.63, 3.8) is 0 Å². The third-order valence-corrected chi connectivity index (χ3v) is 2.55. The van der Waals surface area contributed by atoms with Crippen LogP contribution in [0.15, 0.2) is 0 Å². The standard InChI is InChI=1S/C10H20N2O2/c1-14-7-3-5-10(13)12-6-2-4-9(11)8-12/h9H,2-8,11H2,1H3/t9-/m1/s1. The summed E-state index contributed by atoms with van der Waals surface area (Å²) in [7, 11) is 1.65. The summed E-state index contributed by atoms with van der Waals surface area (Å²) in [6.45, 7) is 2.26. The topological polar surface area (TPSA) is 55.6 Å². The number of amides is 1. The fourth-order valence-corrected chi connectivity index (χ4v) is 1.76. The molecule has 0 spiro atoms. The van der Waals surface area contributed by atoms with E-state index in [9.17, 15) is 4.79 Å². The first-order valence-corrected chi connectivity index (χ1v) is 5.26. The van der Waals surface area contributed by atoms with E-state index in [0.717, 1.165) is 32.4 Å². The Balaban J connectivity index is 2.22. The lowest BCUT2D eigenvalue weighted by atomic mass is 10.1. The quantitative estimate of drug-likeness (QED) is 0.667. The molecular formula is C10H20N2O2. The van der Waals surface area contributed by atoms with E-state index in [1.54, 1.807) is 7.11 Å². The number of hydrogen-bond donors (Lipinski definition) is 1. The maximum atomic E-state index is 11.6. The van der Waals surface area contributed by atoms with Gasteiger partial charge in [-0.2, -0.15) is 0 Å². The van der Waals surface area contributed by atoms with Crippen LogP contribution < -0.4 is 5.73 Å². The predicted molar refractivity (Wildman–Crippen MR) is 54.9 cm³/mol. The highest BCUT2D eigenvalue weighted by Gasteiger charge is 2.20. The summed E-state index contributed by atoms with van der Waals surface area (Å²) in [5, 5.41) is 0. The van der Waals surface area contributed by atoms with Gasteiger partial charge in [0.25, 0.3) is 0 Å². The van der Waals surface area contributed by atoms with Crippen LogP contribution in [0.4, 0.5) is 0 Å². The Hall–Kier alpha value is -0.610. The van der Waals surface area contributed by atoms with E-state index >= 15 is 0 Å². The summed E-state index contributed by atoms with van der Waals surface area (Å²) < 4.78 is 4.91. The molecule has 0 radical (unpaired) electrons. The number of likely N-dealkylation sites (tertiary alicyclic amines) is 1. The molecule has 14 heavy (non-hydrogen) atoms. The highest BCUT2D eigenvalue weighted by Crippen LogP contribution is 2.10. The summed E-state index contributed by atoms with van der Waals surface area (Å²) in [6, 6.07) is 0.176. The smallest absolute Gasteiger partial charge is 0.222 e. The summed E-state index contributed by atoms with van der Waals surface area (Å²) in [5.74, 6) is 0.220. The van der Waals surface area contributed by atoms with E-state index in [4.69, 9.17) is 10.5 Å². The van der Waals surface area contributed by atoms with E-state index in [-0.39, 0.29) is 11.9 Å². The highest BCUT2D eigenvalue weighted by molar-refractivity contribution is 5.76. The molecule has 1 aliphatic heterocycles. The number of ether oxygens (including phenoxy) is 1. The Morgan fingerprint density at radius 1 is 1.64 bits per heavy atom. The minimum absolute atomic E-state index is 0.176. The van der Waals surface area contributed by atoms with Crippen LogP contribution in [0, 0.1) is 0 Å². The summed E-state index contributed by atoms with van der Waals surface area (Å²) in [5.41, 5.74) is 5.80. The van der Waals surface area contributed by atoms with Crippen molar-refractivity contribution in [2.75, 3.05) is 26.8 Å². The number of nitrogens with two attached hydrogens (primary N) is 1. The number of carbonyl (C=O) groups is 1. The SMILES string of the molecule is COCCCC(=O)N1CCC[C@@H](N)C1. The number of nitrogens with zero attached hydrogens (tertiary/aromatic N) is 1. The van der Waals surface area contributed by atoms with Gasteiger partial charge in [-0.15, -0.1) is 0 Å². The van der Waals surface area contributed by atoms with Crippen molar-refractivity contribution in [2.24, 2.45) is 5.73 Å². The third-order valence-electron chi connectivity index (χ3n) is 2.55. The number of piperidine rings is 1. The predicted octanol–water partition coefficient (Wildman–Crippen LogP) is 0.363. The molecule has 1 atom stereocenters. The van der Waals surface area contributed by atoms with Crippen LogP contribution in [-0.2, 0) is 9.53 Å². The molecule has 1 fully saturated rings. The second-order valence-electron chi connectivity index (χ2n) is 3.84. The fraction of sp³-hybridized carbons (Fsp3) is 0.900. The largest absolute Gasteiger partial charge is 0.385 e. The van der Waals surface area contributed by atoms with Crippen LogP contribution >= 0.6 is 0 Å². The zero-order valence-corrected chi connectivity index (χ0v) is 8.87. The van der Waals surface area contributed by atoms with Gasteiger partial charge in [0.1, 0.15) is 0 Å². The van der Waals surface area contributed by atoms with Gasteiger partial charge < -0.3 is 15.4 Å². The van der Waals surface area contributed by atoms with Crippen LogP contribution in [0.25, 0.3) is 0 Å². The fourth-order valence-electron chi connectivity index (χ4n) is 1.76. The zero-order valence-electron chi connectivity index (χ0n) is 8.87. The van der Waals surface area contributed by atoms with Gasteiger partial charge in [0, 0.05) is 39.3 Å². The van der Waals surface area contributed by atoms with Crippen molar-refractivity contribution in [1.82, 2.24) is 4.90 Å². The van der Waals surface area contributed by atoms with E-state index in [2.05, 4.69) is 0 Å². The van der Waals surface area contributed by atoms with E-state index in [0.29, 0.717) is 13.0 Å². The van der Waals surface area contributed by atoms with Crippen LogP contribution in [0.1, 0.15) is 25.7 Å². The molecule has 1 saturated heterocycles. The molecule has 1 amide bonds. The van der Waals surface area contributed by atoms with Crippen molar-refractivity contribution in [2.45, 2.75) is 31.7 Å². The summed E-state index contributed by atoms with van der Waals surface area (Å²) >= 11 is 0.